The van der Waals surface area contributed by atoms with Crippen LogP contribution < -0.4 is 10.6 Å². The number of hydrogen-bond acceptors (Lipinski definition) is 6. The van der Waals surface area contributed by atoms with E-state index in [0.29, 0.717) is 17.5 Å². The summed E-state index contributed by atoms with van der Waals surface area (Å²) in [6, 6.07) is 3.23. The van der Waals surface area contributed by atoms with Gasteiger partial charge in [0.15, 0.2) is 0 Å². The molecule has 1 aliphatic carbocycles. The van der Waals surface area contributed by atoms with Gasteiger partial charge in [-0.3, -0.25) is 14.9 Å². The minimum Gasteiger partial charge on any atom is -0.366 e. The minimum atomic E-state index is -0.629. The third-order valence-electron chi connectivity index (χ3n) is 3.60. The molecule has 124 valence electrons. The molecule has 0 radical (unpaired) electrons. The predicted molar refractivity (Wildman–Crippen MR) is 89.5 cm³/mol. The van der Waals surface area contributed by atoms with E-state index < -0.39 is 10.8 Å². The molecule has 0 spiro atoms. The summed E-state index contributed by atoms with van der Waals surface area (Å²) >= 11 is 5.91. The summed E-state index contributed by atoms with van der Waals surface area (Å²) in [5.41, 5.74) is 0.975. The summed E-state index contributed by atoms with van der Waals surface area (Å²) in [7, 11) is 0. The van der Waals surface area contributed by atoms with Crippen LogP contribution in [0, 0.1) is 17.0 Å². The zero-order valence-electron chi connectivity index (χ0n) is 12.7. The molecule has 1 saturated carbocycles. The van der Waals surface area contributed by atoms with Gasteiger partial charge < -0.3 is 10.6 Å². The maximum absolute atomic E-state index is 12.5. The van der Waals surface area contributed by atoms with Crippen LogP contribution in [0.1, 0.15) is 28.8 Å². The maximum Gasteiger partial charge on any atom is 0.288 e. The van der Waals surface area contributed by atoms with Crippen LogP contribution >= 0.6 is 11.6 Å². The van der Waals surface area contributed by atoms with Crippen LogP contribution in [0.25, 0.3) is 0 Å². The number of aromatic nitrogens is 2. The van der Waals surface area contributed by atoms with Crippen molar-refractivity contribution < 1.29 is 9.72 Å². The van der Waals surface area contributed by atoms with Gasteiger partial charge in [0.1, 0.15) is 17.2 Å². The molecule has 0 bridgehead atoms. The quantitative estimate of drug-likeness (QED) is 0.488. The molecular formula is C15H14ClN5O3. The lowest BCUT2D eigenvalue weighted by atomic mass is 10.2. The van der Waals surface area contributed by atoms with E-state index in [1.165, 1.54) is 0 Å². The number of nitrogens with zero attached hydrogens (tertiary/aromatic N) is 3. The van der Waals surface area contributed by atoms with Gasteiger partial charge in [-0.2, -0.15) is 0 Å². The van der Waals surface area contributed by atoms with Crippen LogP contribution in [0.5, 0.6) is 0 Å². The number of hydrogen-bond donors (Lipinski definition) is 2. The Balaban J connectivity index is 1.90. The second-order valence-electron chi connectivity index (χ2n) is 5.51. The number of anilines is 2. The number of carbonyl (C=O) groups excluding carboxylic acids is 1. The predicted octanol–water partition coefficient (Wildman–Crippen LogP) is 3.17. The molecule has 2 N–H and O–H groups in total. The third-order valence-corrected chi connectivity index (χ3v) is 3.90. The van der Waals surface area contributed by atoms with Crippen molar-refractivity contribution in [1.29, 1.82) is 0 Å². The Labute approximate surface area is 142 Å². The van der Waals surface area contributed by atoms with Crippen molar-refractivity contribution in [3.05, 3.63) is 50.9 Å². The summed E-state index contributed by atoms with van der Waals surface area (Å²) in [6.07, 6.45) is 4.78. The lowest BCUT2D eigenvalue weighted by Crippen LogP contribution is -2.17. The standard InChI is InChI=1S/C15H14ClN5O3/c1-8-4-5-17-14(19-9-2-3-9)12(8)20-15(22)11-6-10(21(23)24)7-18-13(11)16/h4-7,9H,2-3H2,1H3,(H,17,19)(H,20,22). The average Bonchev–Trinajstić information content (AvgIpc) is 3.34. The molecule has 1 fully saturated rings. The second-order valence-corrected chi connectivity index (χ2v) is 5.87. The molecule has 0 saturated heterocycles. The fourth-order valence-corrected chi connectivity index (χ4v) is 2.31. The van der Waals surface area contributed by atoms with E-state index in [1.807, 2.05) is 6.92 Å². The van der Waals surface area contributed by atoms with Crippen LogP contribution in [-0.2, 0) is 0 Å². The molecule has 0 unspecified atom stereocenters. The number of carbonyl (C=O) groups is 1. The normalized spacial score (nSPS) is 13.4. The number of halogens is 1. The van der Waals surface area contributed by atoms with Crippen LogP contribution in [0.15, 0.2) is 24.5 Å². The van der Waals surface area contributed by atoms with E-state index in [9.17, 15) is 14.9 Å². The number of aryl methyl sites for hydroxylation is 1. The van der Waals surface area contributed by atoms with Crippen LogP contribution in [0.4, 0.5) is 17.2 Å². The maximum atomic E-state index is 12.5. The highest BCUT2D eigenvalue weighted by Gasteiger charge is 2.24. The van der Waals surface area contributed by atoms with E-state index in [-0.39, 0.29) is 16.4 Å². The fourth-order valence-electron chi connectivity index (χ4n) is 2.12. The summed E-state index contributed by atoms with van der Waals surface area (Å²) in [5.74, 6) is -0.00786. The van der Waals surface area contributed by atoms with E-state index in [2.05, 4.69) is 20.6 Å². The van der Waals surface area contributed by atoms with Gasteiger partial charge in [-0.05, 0) is 31.4 Å². The molecular weight excluding hydrogens is 334 g/mol. The SMILES string of the molecule is Cc1ccnc(NC2CC2)c1NC(=O)c1cc([N+](=O)[O-])cnc1Cl. The van der Waals surface area contributed by atoms with Crippen LogP contribution in [-0.4, -0.2) is 26.8 Å². The largest absolute Gasteiger partial charge is 0.366 e. The van der Waals surface area contributed by atoms with E-state index in [4.69, 9.17) is 11.6 Å². The van der Waals surface area contributed by atoms with Crippen LogP contribution in [0.2, 0.25) is 5.15 Å². The summed E-state index contributed by atoms with van der Waals surface area (Å²) < 4.78 is 0. The number of rotatable bonds is 5. The van der Waals surface area contributed by atoms with Crippen molar-refractivity contribution in [2.45, 2.75) is 25.8 Å². The summed E-state index contributed by atoms with van der Waals surface area (Å²) in [4.78, 5) is 30.7. The second kappa shape index (κ2) is 6.40. The van der Waals surface area contributed by atoms with Crippen molar-refractivity contribution in [2.24, 2.45) is 0 Å². The number of nitro groups is 1. The third kappa shape index (κ3) is 3.43. The topological polar surface area (TPSA) is 110 Å². The Morgan fingerprint density at radius 1 is 1.42 bits per heavy atom. The number of nitrogens with one attached hydrogen (secondary N) is 2. The van der Waals surface area contributed by atoms with Crippen molar-refractivity contribution >= 4 is 34.7 Å². The van der Waals surface area contributed by atoms with Gasteiger partial charge in [0, 0.05) is 18.3 Å². The molecule has 1 aliphatic rings. The Morgan fingerprint density at radius 2 is 2.17 bits per heavy atom. The average molecular weight is 348 g/mol. The van der Waals surface area contributed by atoms with E-state index in [1.54, 1.807) is 12.3 Å². The molecule has 0 aromatic carbocycles. The lowest BCUT2D eigenvalue weighted by molar-refractivity contribution is -0.385. The van der Waals surface area contributed by atoms with Gasteiger partial charge in [-0.1, -0.05) is 11.6 Å². The molecule has 3 rings (SSSR count). The molecule has 2 heterocycles. The number of amides is 1. The molecule has 1 amide bonds. The molecule has 9 heteroatoms. The van der Waals surface area contributed by atoms with Crippen LogP contribution in [0.3, 0.4) is 0 Å². The van der Waals surface area contributed by atoms with E-state index in [0.717, 1.165) is 30.7 Å². The zero-order chi connectivity index (χ0) is 17.3. The summed E-state index contributed by atoms with van der Waals surface area (Å²) in [6.45, 7) is 1.84. The highest BCUT2D eigenvalue weighted by atomic mass is 35.5. The van der Waals surface area contributed by atoms with Gasteiger partial charge in [0.25, 0.3) is 11.6 Å². The first-order chi connectivity index (χ1) is 11.5. The first-order valence-corrected chi connectivity index (χ1v) is 7.67. The van der Waals surface area contributed by atoms with Gasteiger partial charge >= 0.3 is 0 Å². The van der Waals surface area contributed by atoms with Crippen molar-refractivity contribution in [2.75, 3.05) is 10.6 Å². The Bertz CT molecular complexity index is 823. The zero-order valence-corrected chi connectivity index (χ0v) is 13.5. The van der Waals surface area contributed by atoms with Crippen molar-refractivity contribution in [1.82, 2.24) is 9.97 Å². The van der Waals surface area contributed by atoms with Crippen molar-refractivity contribution in [3.8, 4) is 0 Å². The Hall–Kier alpha value is -2.74. The fraction of sp³-hybridized carbons (Fsp3) is 0.267. The molecule has 2 aromatic rings. The summed E-state index contributed by atoms with van der Waals surface area (Å²) in [5, 5.41) is 16.7. The van der Waals surface area contributed by atoms with Gasteiger partial charge in [0.2, 0.25) is 0 Å². The molecule has 8 nitrogen and oxygen atoms in total. The monoisotopic (exact) mass is 347 g/mol. The van der Waals surface area contributed by atoms with Gasteiger partial charge in [-0.15, -0.1) is 0 Å². The van der Waals surface area contributed by atoms with E-state index >= 15 is 0 Å². The lowest BCUT2D eigenvalue weighted by Gasteiger charge is -2.14. The first kappa shape index (κ1) is 16.1. The molecule has 0 aliphatic heterocycles. The highest BCUT2D eigenvalue weighted by molar-refractivity contribution is 6.33. The Kier molecular flexibility index (Phi) is 4.30. The Morgan fingerprint density at radius 3 is 2.83 bits per heavy atom. The smallest absolute Gasteiger partial charge is 0.288 e. The minimum absolute atomic E-state index is 0.0634. The highest BCUT2D eigenvalue weighted by Crippen LogP contribution is 2.30. The molecule has 24 heavy (non-hydrogen) atoms. The molecule has 2 aromatic heterocycles. The van der Waals surface area contributed by atoms with Gasteiger partial charge in [-0.25, -0.2) is 9.97 Å². The van der Waals surface area contributed by atoms with Crippen molar-refractivity contribution in [3.63, 3.8) is 0 Å². The van der Waals surface area contributed by atoms with Gasteiger partial charge in [0.05, 0.1) is 16.2 Å². The number of pyridine rings is 2. The molecule has 0 atom stereocenters. The first-order valence-electron chi connectivity index (χ1n) is 7.29.